The molecule has 1 aromatic carbocycles. The standard InChI is InChI=1S/C20H29N3O3/c1-15(2)11-23(13-16-10-21-22(3)12-16)14-17-8-19-20(9-18(17)24-4)26-7-5-6-25-19/h8-10,12,15H,5-7,11,13-14H2,1-4H3. The molecule has 3 rings (SSSR count). The van der Waals surface area contributed by atoms with Crippen LogP contribution in [-0.4, -0.2) is 41.5 Å². The van der Waals surface area contributed by atoms with Gasteiger partial charge in [-0.2, -0.15) is 5.10 Å². The van der Waals surface area contributed by atoms with Crippen LogP contribution in [0, 0.1) is 5.92 Å². The zero-order chi connectivity index (χ0) is 18.5. The molecule has 6 heteroatoms. The Morgan fingerprint density at radius 2 is 1.92 bits per heavy atom. The first-order valence-corrected chi connectivity index (χ1v) is 9.21. The van der Waals surface area contributed by atoms with E-state index in [2.05, 4.69) is 36.1 Å². The smallest absolute Gasteiger partial charge is 0.164 e. The van der Waals surface area contributed by atoms with Crippen LogP contribution in [0.2, 0.25) is 0 Å². The highest BCUT2D eigenvalue weighted by atomic mass is 16.5. The van der Waals surface area contributed by atoms with Gasteiger partial charge in [-0.25, -0.2) is 0 Å². The average Bonchev–Trinajstić information content (AvgIpc) is 2.86. The van der Waals surface area contributed by atoms with Crippen molar-refractivity contribution in [3.63, 3.8) is 0 Å². The highest BCUT2D eigenvalue weighted by Crippen LogP contribution is 2.37. The van der Waals surface area contributed by atoms with E-state index in [1.165, 1.54) is 5.56 Å². The van der Waals surface area contributed by atoms with Crippen molar-refractivity contribution < 1.29 is 14.2 Å². The zero-order valence-corrected chi connectivity index (χ0v) is 16.2. The van der Waals surface area contributed by atoms with Crippen LogP contribution in [0.1, 0.15) is 31.4 Å². The summed E-state index contributed by atoms with van der Waals surface area (Å²) in [6, 6.07) is 4.02. The summed E-state index contributed by atoms with van der Waals surface area (Å²) in [5, 5.41) is 4.29. The Kier molecular flexibility index (Phi) is 6.04. The molecule has 6 nitrogen and oxygen atoms in total. The fourth-order valence-corrected chi connectivity index (χ4v) is 3.30. The second-order valence-corrected chi connectivity index (χ2v) is 7.25. The normalized spacial score (nSPS) is 13.9. The average molecular weight is 359 g/mol. The third-order valence-electron chi connectivity index (χ3n) is 4.33. The molecule has 0 bridgehead atoms. The molecule has 0 amide bonds. The Morgan fingerprint density at radius 3 is 2.54 bits per heavy atom. The lowest BCUT2D eigenvalue weighted by Gasteiger charge is -2.25. The van der Waals surface area contributed by atoms with Crippen LogP contribution >= 0.6 is 0 Å². The molecule has 1 aliphatic rings. The molecule has 0 radical (unpaired) electrons. The molecule has 0 atom stereocenters. The summed E-state index contributed by atoms with van der Waals surface area (Å²) in [6.07, 6.45) is 4.89. The minimum Gasteiger partial charge on any atom is -0.496 e. The molecular weight excluding hydrogens is 330 g/mol. The molecule has 0 fully saturated rings. The number of benzene rings is 1. The Balaban J connectivity index is 1.83. The maximum atomic E-state index is 5.86. The summed E-state index contributed by atoms with van der Waals surface area (Å²) in [6.45, 7) is 8.46. The lowest BCUT2D eigenvalue weighted by Crippen LogP contribution is -2.27. The van der Waals surface area contributed by atoms with Crippen LogP contribution in [0.25, 0.3) is 0 Å². The van der Waals surface area contributed by atoms with Gasteiger partial charge in [-0.1, -0.05) is 13.8 Å². The number of aromatic nitrogens is 2. The molecule has 0 spiro atoms. The van der Waals surface area contributed by atoms with Crippen LogP contribution in [0.5, 0.6) is 17.2 Å². The molecule has 142 valence electrons. The second-order valence-electron chi connectivity index (χ2n) is 7.25. The lowest BCUT2D eigenvalue weighted by atomic mass is 10.1. The quantitative estimate of drug-likeness (QED) is 0.759. The van der Waals surface area contributed by atoms with Crippen LogP contribution in [0.15, 0.2) is 24.5 Å². The van der Waals surface area contributed by atoms with Crippen LogP contribution in [0.3, 0.4) is 0 Å². The van der Waals surface area contributed by atoms with Crippen molar-refractivity contribution in [2.45, 2.75) is 33.4 Å². The monoisotopic (exact) mass is 359 g/mol. The van der Waals surface area contributed by atoms with Gasteiger partial charge in [0.25, 0.3) is 0 Å². The van der Waals surface area contributed by atoms with E-state index < -0.39 is 0 Å². The summed E-state index contributed by atoms with van der Waals surface area (Å²) in [5.74, 6) is 2.99. The van der Waals surface area contributed by atoms with Gasteiger partial charge in [0, 0.05) is 56.5 Å². The highest BCUT2D eigenvalue weighted by molar-refractivity contribution is 5.51. The topological polar surface area (TPSA) is 48.8 Å². The van der Waals surface area contributed by atoms with Crippen LogP contribution < -0.4 is 14.2 Å². The molecule has 1 aromatic heterocycles. The van der Waals surface area contributed by atoms with Gasteiger partial charge in [-0.15, -0.1) is 0 Å². The van der Waals surface area contributed by atoms with E-state index in [0.29, 0.717) is 19.1 Å². The third-order valence-corrected chi connectivity index (χ3v) is 4.33. The molecule has 26 heavy (non-hydrogen) atoms. The molecule has 0 unspecified atom stereocenters. The number of hydrogen-bond acceptors (Lipinski definition) is 5. The van der Waals surface area contributed by atoms with E-state index in [1.54, 1.807) is 7.11 Å². The molecular formula is C20H29N3O3. The fraction of sp³-hybridized carbons (Fsp3) is 0.550. The number of rotatable bonds is 7. The number of methoxy groups -OCH3 is 1. The van der Waals surface area contributed by atoms with Crippen LogP contribution in [0.4, 0.5) is 0 Å². The minimum absolute atomic E-state index is 0.568. The van der Waals surface area contributed by atoms with Gasteiger partial charge in [0.15, 0.2) is 11.5 Å². The second kappa shape index (κ2) is 8.45. The number of nitrogens with zero attached hydrogens (tertiary/aromatic N) is 3. The molecule has 0 aliphatic carbocycles. The Bertz CT molecular complexity index is 727. The van der Waals surface area contributed by atoms with Crippen molar-refractivity contribution in [2.75, 3.05) is 26.9 Å². The number of hydrogen-bond donors (Lipinski definition) is 0. The number of fused-ring (bicyclic) bond motifs is 1. The van der Waals surface area contributed by atoms with Gasteiger partial charge >= 0.3 is 0 Å². The van der Waals surface area contributed by atoms with E-state index >= 15 is 0 Å². The van der Waals surface area contributed by atoms with E-state index in [4.69, 9.17) is 14.2 Å². The first-order valence-electron chi connectivity index (χ1n) is 9.21. The van der Waals surface area contributed by atoms with Crippen molar-refractivity contribution in [1.29, 1.82) is 0 Å². The first kappa shape index (κ1) is 18.6. The number of ether oxygens (including phenoxy) is 3. The summed E-state index contributed by atoms with van der Waals surface area (Å²) in [7, 11) is 3.65. The predicted octanol–water partition coefficient (Wildman–Crippen LogP) is 3.25. The van der Waals surface area contributed by atoms with Gasteiger partial charge in [0.2, 0.25) is 0 Å². The Hall–Kier alpha value is -2.21. The molecule has 0 saturated heterocycles. The van der Waals surface area contributed by atoms with Crippen molar-refractivity contribution in [3.8, 4) is 17.2 Å². The van der Waals surface area contributed by atoms with E-state index in [9.17, 15) is 0 Å². The van der Waals surface area contributed by atoms with E-state index in [0.717, 1.165) is 48.9 Å². The number of aryl methyl sites for hydroxylation is 1. The molecule has 2 aromatic rings. The van der Waals surface area contributed by atoms with Gasteiger partial charge < -0.3 is 14.2 Å². The SMILES string of the molecule is COc1cc2c(cc1CN(Cc1cnn(C)c1)CC(C)C)OCCCO2. The largest absolute Gasteiger partial charge is 0.496 e. The molecule has 1 aliphatic heterocycles. The van der Waals surface area contributed by atoms with Crippen molar-refractivity contribution in [2.24, 2.45) is 13.0 Å². The third kappa shape index (κ3) is 4.69. The maximum Gasteiger partial charge on any atom is 0.164 e. The zero-order valence-electron chi connectivity index (χ0n) is 16.2. The molecule has 0 N–H and O–H groups in total. The van der Waals surface area contributed by atoms with Crippen molar-refractivity contribution >= 4 is 0 Å². The Labute approximate surface area is 155 Å². The first-order chi connectivity index (χ1) is 12.5. The van der Waals surface area contributed by atoms with Crippen molar-refractivity contribution in [3.05, 3.63) is 35.7 Å². The summed E-state index contributed by atoms with van der Waals surface area (Å²) in [4.78, 5) is 2.42. The van der Waals surface area contributed by atoms with Gasteiger partial charge in [0.05, 0.1) is 26.5 Å². The summed E-state index contributed by atoms with van der Waals surface area (Å²) >= 11 is 0. The van der Waals surface area contributed by atoms with Gasteiger partial charge in [-0.3, -0.25) is 9.58 Å². The van der Waals surface area contributed by atoms with Gasteiger partial charge in [0.1, 0.15) is 5.75 Å². The predicted molar refractivity (Wildman–Crippen MR) is 101 cm³/mol. The maximum absolute atomic E-state index is 5.86. The molecule has 0 saturated carbocycles. The fourth-order valence-electron chi connectivity index (χ4n) is 3.30. The van der Waals surface area contributed by atoms with E-state index in [1.807, 2.05) is 24.0 Å². The van der Waals surface area contributed by atoms with Crippen LogP contribution in [-0.2, 0) is 20.1 Å². The minimum atomic E-state index is 0.568. The highest BCUT2D eigenvalue weighted by Gasteiger charge is 2.18. The summed E-state index contributed by atoms with van der Waals surface area (Å²) < 4.78 is 19.1. The van der Waals surface area contributed by atoms with E-state index in [-0.39, 0.29) is 0 Å². The lowest BCUT2D eigenvalue weighted by molar-refractivity contribution is 0.224. The Morgan fingerprint density at radius 1 is 1.19 bits per heavy atom. The summed E-state index contributed by atoms with van der Waals surface area (Å²) in [5.41, 5.74) is 2.32. The molecule has 2 heterocycles. The van der Waals surface area contributed by atoms with Gasteiger partial charge in [-0.05, 0) is 12.0 Å². The van der Waals surface area contributed by atoms with Crippen molar-refractivity contribution in [1.82, 2.24) is 14.7 Å².